The standard InChI is InChI=1S/C27H29N5O2/c33-26(21-10-11-21)29-18-20-6-8-22(9-7-20)27(34)30-23-12-13-25(28-19-23)32-16-14-31(15-17-32)24-4-2-1-3-5-24/h1-9,12-13,19,21H,10-11,14-18H2,(H,29,33)(H,30,34). The van der Waals surface area contributed by atoms with Gasteiger partial charge in [0, 0.05) is 49.9 Å². The number of rotatable bonds is 7. The van der Waals surface area contributed by atoms with Gasteiger partial charge in [-0.3, -0.25) is 9.59 Å². The molecule has 5 rings (SSSR count). The SMILES string of the molecule is O=C(Nc1ccc(N2CCN(c3ccccc3)CC2)nc1)c1ccc(CNC(=O)C2CC2)cc1. The predicted octanol–water partition coefficient (Wildman–Crippen LogP) is 3.69. The second-order valence-electron chi connectivity index (χ2n) is 8.86. The molecular weight excluding hydrogens is 426 g/mol. The maximum atomic E-state index is 12.6. The Hall–Kier alpha value is -3.87. The average Bonchev–Trinajstić information content (AvgIpc) is 3.75. The number of piperazine rings is 1. The van der Waals surface area contributed by atoms with E-state index < -0.39 is 0 Å². The highest BCUT2D eigenvalue weighted by Crippen LogP contribution is 2.28. The Kier molecular flexibility index (Phi) is 6.42. The molecule has 0 bridgehead atoms. The van der Waals surface area contributed by atoms with Crippen LogP contribution >= 0.6 is 0 Å². The maximum Gasteiger partial charge on any atom is 0.255 e. The quantitative estimate of drug-likeness (QED) is 0.568. The lowest BCUT2D eigenvalue weighted by Gasteiger charge is -2.36. The molecule has 7 nitrogen and oxygen atoms in total. The molecule has 1 aliphatic heterocycles. The molecule has 0 spiro atoms. The number of amides is 2. The molecule has 2 aliphatic rings. The van der Waals surface area contributed by atoms with Gasteiger partial charge < -0.3 is 20.4 Å². The molecule has 2 amide bonds. The lowest BCUT2D eigenvalue weighted by Crippen LogP contribution is -2.46. The number of benzene rings is 2. The van der Waals surface area contributed by atoms with Gasteiger partial charge >= 0.3 is 0 Å². The Bertz CT molecular complexity index is 1120. The number of nitrogens with zero attached hydrogens (tertiary/aromatic N) is 3. The van der Waals surface area contributed by atoms with Gasteiger partial charge in [-0.1, -0.05) is 30.3 Å². The lowest BCUT2D eigenvalue weighted by molar-refractivity contribution is -0.122. The number of hydrogen-bond donors (Lipinski definition) is 2. The van der Waals surface area contributed by atoms with Gasteiger partial charge in [0.05, 0.1) is 11.9 Å². The van der Waals surface area contributed by atoms with E-state index in [9.17, 15) is 9.59 Å². The van der Waals surface area contributed by atoms with E-state index in [4.69, 9.17) is 0 Å². The van der Waals surface area contributed by atoms with Crippen LogP contribution in [0.15, 0.2) is 72.9 Å². The van der Waals surface area contributed by atoms with Crippen LogP contribution in [-0.2, 0) is 11.3 Å². The summed E-state index contributed by atoms with van der Waals surface area (Å²) < 4.78 is 0. The summed E-state index contributed by atoms with van der Waals surface area (Å²) in [6, 6.07) is 21.6. The zero-order valence-electron chi connectivity index (χ0n) is 19.1. The lowest BCUT2D eigenvalue weighted by atomic mass is 10.1. The Morgan fingerprint density at radius 3 is 2.21 bits per heavy atom. The van der Waals surface area contributed by atoms with Crippen LogP contribution in [0, 0.1) is 5.92 Å². The molecule has 1 saturated heterocycles. The predicted molar refractivity (Wildman–Crippen MR) is 134 cm³/mol. The first kappa shape index (κ1) is 21.9. The van der Waals surface area contributed by atoms with Crippen molar-refractivity contribution >= 4 is 29.0 Å². The van der Waals surface area contributed by atoms with Gasteiger partial charge in [-0.25, -0.2) is 4.98 Å². The second kappa shape index (κ2) is 9.95. The molecule has 7 heteroatoms. The largest absolute Gasteiger partial charge is 0.368 e. The molecule has 34 heavy (non-hydrogen) atoms. The summed E-state index contributed by atoms with van der Waals surface area (Å²) in [5, 5.41) is 5.85. The summed E-state index contributed by atoms with van der Waals surface area (Å²) in [6.07, 6.45) is 3.69. The number of aromatic nitrogens is 1. The summed E-state index contributed by atoms with van der Waals surface area (Å²) in [5.41, 5.74) is 3.46. The molecule has 3 aromatic rings. The maximum absolute atomic E-state index is 12.6. The van der Waals surface area contributed by atoms with Gasteiger partial charge in [0.25, 0.3) is 5.91 Å². The van der Waals surface area contributed by atoms with Crippen molar-refractivity contribution in [1.82, 2.24) is 10.3 Å². The monoisotopic (exact) mass is 455 g/mol. The highest BCUT2D eigenvalue weighted by Gasteiger charge is 2.29. The van der Waals surface area contributed by atoms with Crippen molar-refractivity contribution in [2.45, 2.75) is 19.4 Å². The zero-order valence-corrected chi connectivity index (χ0v) is 19.1. The van der Waals surface area contributed by atoms with E-state index in [1.54, 1.807) is 18.3 Å². The molecule has 1 saturated carbocycles. The molecule has 0 unspecified atom stereocenters. The van der Waals surface area contributed by atoms with Crippen LogP contribution in [0.1, 0.15) is 28.8 Å². The number of hydrogen-bond acceptors (Lipinski definition) is 5. The minimum Gasteiger partial charge on any atom is -0.368 e. The number of pyridine rings is 1. The van der Waals surface area contributed by atoms with Gasteiger partial charge in [-0.05, 0) is 54.8 Å². The van der Waals surface area contributed by atoms with Gasteiger partial charge in [-0.2, -0.15) is 0 Å². The summed E-state index contributed by atoms with van der Waals surface area (Å²) in [5.74, 6) is 1.06. The highest BCUT2D eigenvalue weighted by atomic mass is 16.2. The third-order valence-corrected chi connectivity index (χ3v) is 6.36. The van der Waals surface area contributed by atoms with Crippen molar-refractivity contribution in [3.8, 4) is 0 Å². The Morgan fingerprint density at radius 2 is 1.56 bits per heavy atom. The van der Waals surface area contributed by atoms with E-state index in [1.807, 2.05) is 30.3 Å². The van der Waals surface area contributed by atoms with Crippen LogP contribution in [0.5, 0.6) is 0 Å². The molecule has 174 valence electrons. The van der Waals surface area contributed by atoms with Gasteiger partial charge in [0.1, 0.15) is 5.82 Å². The second-order valence-corrected chi connectivity index (χ2v) is 8.86. The summed E-state index contributed by atoms with van der Waals surface area (Å²) in [7, 11) is 0. The molecule has 1 aromatic heterocycles. The molecule has 2 fully saturated rings. The zero-order chi connectivity index (χ0) is 23.3. The smallest absolute Gasteiger partial charge is 0.255 e. The van der Waals surface area contributed by atoms with Crippen molar-refractivity contribution < 1.29 is 9.59 Å². The minimum atomic E-state index is -0.181. The summed E-state index contributed by atoms with van der Waals surface area (Å²) in [4.78, 5) is 33.6. The molecule has 0 radical (unpaired) electrons. The Balaban J connectivity index is 1.11. The van der Waals surface area contributed by atoms with E-state index in [2.05, 4.69) is 49.7 Å². The number of para-hydroxylation sites is 1. The number of nitrogens with one attached hydrogen (secondary N) is 2. The van der Waals surface area contributed by atoms with Crippen molar-refractivity contribution in [3.63, 3.8) is 0 Å². The Morgan fingerprint density at radius 1 is 0.853 bits per heavy atom. The van der Waals surface area contributed by atoms with Crippen molar-refractivity contribution in [1.29, 1.82) is 0 Å². The van der Waals surface area contributed by atoms with E-state index in [-0.39, 0.29) is 17.7 Å². The first-order valence-electron chi connectivity index (χ1n) is 11.8. The normalized spacial score (nSPS) is 15.6. The van der Waals surface area contributed by atoms with Crippen molar-refractivity contribution in [3.05, 3.63) is 84.1 Å². The first-order chi connectivity index (χ1) is 16.7. The van der Waals surface area contributed by atoms with Crippen LogP contribution in [0.2, 0.25) is 0 Å². The fourth-order valence-electron chi connectivity index (χ4n) is 4.14. The van der Waals surface area contributed by atoms with E-state index >= 15 is 0 Å². The first-order valence-corrected chi connectivity index (χ1v) is 11.8. The van der Waals surface area contributed by atoms with Crippen molar-refractivity contribution in [2.75, 3.05) is 41.3 Å². The third kappa shape index (κ3) is 5.36. The summed E-state index contributed by atoms with van der Waals surface area (Å²) in [6.45, 7) is 4.19. The van der Waals surface area contributed by atoms with Gasteiger partial charge in [-0.15, -0.1) is 0 Å². The van der Waals surface area contributed by atoms with Crippen LogP contribution in [0.4, 0.5) is 17.2 Å². The van der Waals surface area contributed by atoms with Gasteiger partial charge in [0.15, 0.2) is 0 Å². The molecule has 2 heterocycles. The van der Waals surface area contributed by atoms with Gasteiger partial charge in [0.2, 0.25) is 5.91 Å². The highest BCUT2D eigenvalue weighted by molar-refractivity contribution is 6.04. The average molecular weight is 456 g/mol. The Labute approximate surface area is 199 Å². The van der Waals surface area contributed by atoms with Crippen LogP contribution in [-0.4, -0.2) is 43.0 Å². The third-order valence-electron chi connectivity index (χ3n) is 6.36. The molecule has 2 aromatic carbocycles. The van der Waals surface area contributed by atoms with Crippen molar-refractivity contribution in [2.24, 2.45) is 5.92 Å². The molecule has 0 atom stereocenters. The fourth-order valence-corrected chi connectivity index (χ4v) is 4.14. The molecular formula is C27H29N5O2. The number of carbonyl (C=O) groups excluding carboxylic acids is 2. The van der Waals surface area contributed by atoms with E-state index in [1.165, 1.54) is 5.69 Å². The van der Waals surface area contributed by atoms with Crippen LogP contribution < -0.4 is 20.4 Å². The number of carbonyl (C=O) groups is 2. The minimum absolute atomic E-state index is 0.121. The topological polar surface area (TPSA) is 77.6 Å². The van der Waals surface area contributed by atoms with E-state index in [0.717, 1.165) is 50.4 Å². The fraction of sp³-hybridized carbons (Fsp3) is 0.296. The van der Waals surface area contributed by atoms with E-state index in [0.29, 0.717) is 17.8 Å². The summed E-state index contributed by atoms with van der Waals surface area (Å²) >= 11 is 0. The molecule has 2 N–H and O–H groups in total. The van der Waals surface area contributed by atoms with Crippen LogP contribution in [0.25, 0.3) is 0 Å². The van der Waals surface area contributed by atoms with Crippen LogP contribution in [0.3, 0.4) is 0 Å². The number of anilines is 3. The molecule has 1 aliphatic carbocycles.